The monoisotopic (exact) mass is 488 g/mol. The molecule has 1 fully saturated rings. The van der Waals surface area contributed by atoms with Crippen LogP contribution < -0.4 is 0 Å². The molecule has 32 heavy (non-hydrogen) atoms. The molecule has 4 aromatic rings. The molecule has 9 heteroatoms. The van der Waals surface area contributed by atoms with Crippen LogP contribution in [-0.2, 0) is 4.74 Å². The smallest absolute Gasteiger partial charge is 0.410 e. The van der Waals surface area contributed by atoms with E-state index in [2.05, 4.69) is 11.1 Å². The number of piperidine rings is 1. The lowest BCUT2D eigenvalue weighted by Gasteiger charge is -2.33. The number of amides is 1. The zero-order chi connectivity index (χ0) is 22.6. The van der Waals surface area contributed by atoms with Gasteiger partial charge in [0.2, 0.25) is 0 Å². The van der Waals surface area contributed by atoms with Gasteiger partial charge in [-0.25, -0.2) is 14.8 Å². The van der Waals surface area contributed by atoms with Crippen molar-refractivity contribution in [1.82, 2.24) is 19.3 Å². The van der Waals surface area contributed by atoms with Crippen molar-refractivity contribution >= 4 is 55.5 Å². The summed E-state index contributed by atoms with van der Waals surface area (Å²) >= 11 is 9.91. The molecular formula is C23H25ClN4O2S2. The van der Waals surface area contributed by atoms with E-state index in [9.17, 15) is 4.79 Å². The molecule has 168 valence electrons. The van der Waals surface area contributed by atoms with Gasteiger partial charge in [0.15, 0.2) is 5.65 Å². The van der Waals surface area contributed by atoms with E-state index in [-0.39, 0.29) is 6.09 Å². The second-order valence-corrected chi connectivity index (χ2v) is 11.8. The fourth-order valence-electron chi connectivity index (χ4n) is 4.05. The number of carbonyl (C=O) groups is 1. The first kappa shape index (κ1) is 21.7. The Bertz CT molecular complexity index is 1280. The first-order valence-electron chi connectivity index (χ1n) is 10.7. The van der Waals surface area contributed by atoms with Gasteiger partial charge in [-0.2, -0.15) is 0 Å². The Morgan fingerprint density at radius 1 is 1.16 bits per heavy atom. The summed E-state index contributed by atoms with van der Waals surface area (Å²) in [6.45, 7) is 9.13. The van der Waals surface area contributed by atoms with Gasteiger partial charge in [0.25, 0.3) is 0 Å². The maximum Gasteiger partial charge on any atom is 0.410 e. The highest BCUT2D eigenvalue weighted by molar-refractivity contribution is 7.28. The van der Waals surface area contributed by atoms with Crippen LogP contribution in [-0.4, -0.2) is 44.1 Å². The second kappa shape index (κ2) is 8.01. The number of aromatic nitrogens is 3. The number of carbonyl (C=O) groups excluding carboxylic acids is 1. The van der Waals surface area contributed by atoms with Crippen LogP contribution in [0, 0.1) is 6.92 Å². The molecule has 5 heterocycles. The van der Waals surface area contributed by atoms with Crippen molar-refractivity contribution in [2.24, 2.45) is 0 Å². The number of hydrogen-bond donors (Lipinski definition) is 0. The predicted octanol–water partition coefficient (Wildman–Crippen LogP) is 6.75. The van der Waals surface area contributed by atoms with Crippen molar-refractivity contribution in [2.75, 3.05) is 13.1 Å². The molecule has 0 unspecified atom stereocenters. The molecule has 1 aliphatic rings. The number of likely N-dealkylation sites (tertiary alicyclic amines) is 1. The lowest BCUT2D eigenvalue weighted by Crippen LogP contribution is -2.41. The molecule has 0 radical (unpaired) electrons. The van der Waals surface area contributed by atoms with Crippen LogP contribution in [0.5, 0.6) is 0 Å². The molecule has 0 bridgehead atoms. The zero-order valence-electron chi connectivity index (χ0n) is 18.5. The lowest BCUT2D eigenvalue weighted by molar-refractivity contribution is 0.0205. The van der Waals surface area contributed by atoms with E-state index < -0.39 is 5.60 Å². The summed E-state index contributed by atoms with van der Waals surface area (Å²) in [6.07, 6.45) is 5.70. The molecule has 1 amide bonds. The molecule has 6 nitrogen and oxygen atoms in total. The fourth-order valence-corrected chi connectivity index (χ4v) is 6.68. The minimum absolute atomic E-state index is 0.210. The third-order valence-corrected chi connectivity index (χ3v) is 8.18. The van der Waals surface area contributed by atoms with Crippen LogP contribution in [0.3, 0.4) is 0 Å². The number of halogens is 1. The fraction of sp³-hybridized carbons (Fsp3) is 0.435. The minimum atomic E-state index is -0.457. The summed E-state index contributed by atoms with van der Waals surface area (Å²) in [7, 11) is 0. The average molecular weight is 489 g/mol. The van der Waals surface area contributed by atoms with Crippen molar-refractivity contribution in [1.29, 1.82) is 0 Å². The number of nitrogens with zero attached hydrogens (tertiary/aromatic N) is 4. The summed E-state index contributed by atoms with van der Waals surface area (Å²) in [4.78, 5) is 25.9. The number of imidazole rings is 1. The topological polar surface area (TPSA) is 59.7 Å². The van der Waals surface area contributed by atoms with Gasteiger partial charge in [-0.1, -0.05) is 11.6 Å². The predicted molar refractivity (Wildman–Crippen MR) is 131 cm³/mol. The van der Waals surface area contributed by atoms with Gasteiger partial charge in [0, 0.05) is 35.9 Å². The number of ether oxygens (including phenoxy) is 1. The van der Waals surface area contributed by atoms with Gasteiger partial charge < -0.3 is 14.0 Å². The first-order chi connectivity index (χ1) is 15.2. The van der Waals surface area contributed by atoms with Crippen molar-refractivity contribution in [3.8, 4) is 10.6 Å². The Balaban J connectivity index is 1.31. The maximum atomic E-state index is 12.3. The van der Waals surface area contributed by atoms with E-state index in [1.807, 2.05) is 55.5 Å². The first-order valence-corrected chi connectivity index (χ1v) is 12.7. The molecule has 0 N–H and O–H groups in total. The third kappa shape index (κ3) is 4.23. The average Bonchev–Trinajstić information content (AvgIpc) is 3.39. The number of pyridine rings is 1. The van der Waals surface area contributed by atoms with Crippen LogP contribution in [0.25, 0.3) is 25.7 Å². The van der Waals surface area contributed by atoms with E-state index in [4.69, 9.17) is 21.3 Å². The highest BCUT2D eigenvalue weighted by Gasteiger charge is 2.28. The molecule has 0 atom stereocenters. The molecule has 0 spiro atoms. The molecule has 4 aromatic heterocycles. The van der Waals surface area contributed by atoms with Crippen molar-refractivity contribution in [3.63, 3.8) is 0 Å². The zero-order valence-corrected chi connectivity index (χ0v) is 20.9. The highest BCUT2D eigenvalue weighted by atomic mass is 35.5. The normalized spacial score (nSPS) is 15.7. The minimum Gasteiger partial charge on any atom is -0.444 e. The maximum absolute atomic E-state index is 12.3. The molecule has 1 saturated heterocycles. The summed E-state index contributed by atoms with van der Waals surface area (Å²) in [5.74, 6) is 0.461. The largest absolute Gasteiger partial charge is 0.444 e. The Morgan fingerprint density at radius 2 is 1.91 bits per heavy atom. The lowest BCUT2D eigenvalue weighted by atomic mass is 9.95. The SMILES string of the molecule is Cc1cn2cc(-c3nc4sc(C5CCN(C(=O)OC(C)(C)C)CC5)cc4s3)cc(Cl)c2n1. The number of thiazole rings is 1. The summed E-state index contributed by atoms with van der Waals surface area (Å²) in [5.41, 5.74) is 2.25. The van der Waals surface area contributed by atoms with Gasteiger partial charge >= 0.3 is 6.09 Å². The van der Waals surface area contributed by atoms with Crippen LogP contribution in [0.2, 0.25) is 5.02 Å². The van der Waals surface area contributed by atoms with Gasteiger partial charge in [-0.15, -0.1) is 22.7 Å². The molecule has 5 rings (SSSR count). The quantitative estimate of drug-likeness (QED) is 0.313. The van der Waals surface area contributed by atoms with E-state index >= 15 is 0 Å². The van der Waals surface area contributed by atoms with Crippen molar-refractivity contribution < 1.29 is 9.53 Å². The Labute approximate surface area is 199 Å². The number of rotatable bonds is 2. The molecule has 1 aliphatic heterocycles. The Morgan fingerprint density at radius 3 is 2.59 bits per heavy atom. The molecule has 0 aromatic carbocycles. The Kier molecular flexibility index (Phi) is 5.42. The van der Waals surface area contributed by atoms with Crippen molar-refractivity contribution in [2.45, 2.75) is 52.1 Å². The Hall–Kier alpha value is -2.16. The van der Waals surface area contributed by atoms with Crippen molar-refractivity contribution in [3.05, 3.63) is 40.1 Å². The van der Waals surface area contributed by atoms with E-state index in [1.54, 1.807) is 22.7 Å². The summed E-state index contributed by atoms with van der Waals surface area (Å²) in [6, 6.07) is 4.22. The van der Waals surface area contributed by atoms with Crippen LogP contribution in [0.15, 0.2) is 24.5 Å². The molecule has 0 saturated carbocycles. The van der Waals surface area contributed by atoms with Gasteiger partial charge in [-0.3, -0.25) is 0 Å². The molecule has 0 aliphatic carbocycles. The third-order valence-electron chi connectivity index (χ3n) is 5.53. The van der Waals surface area contributed by atoms with Gasteiger partial charge in [0.05, 0.1) is 15.4 Å². The summed E-state index contributed by atoms with van der Waals surface area (Å²) < 4.78 is 8.68. The number of aryl methyl sites for hydroxylation is 1. The summed E-state index contributed by atoms with van der Waals surface area (Å²) in [5, 5.41) is 1.60. The number of thiophene rings is 1. The standard InChI is InChI=1S/C23H25ClN4O2S2/c1-13-11-28-12-15(9-16(24)19(28)25-13)20-26-21-18(32-20)10-17(31-21)14-5-7-27(8-6-14)22(29)30-23(2,3)4/h9-12,14H,5-8H2,1-4H3. The van der Waals surface area contributed by atoms with E-state index in [0.717, 1.165) is 52.7 Å². The number of fused-ring (bicyclic) bond motifs is 2. The highest BCUT2D eigenvalue weighted by Crippen LogP contribution is 2.41. The van der Waals surface area contributed by atoms with Gasteiger partial charge in [-0.05, 0) is 58.6 Å². The van der Waals surface area contributed by atoms with Crippen LogP contribution in [0.4, 0.5) is 4.79 Å². The number of hydrogen-bond acceptors (Lipinski definition) is 6. The second-order valence-electron chi connectivity index (χ2n) is 9.27. The van der Waals surface area contributed by atoms with Crippen LogP contribution in [0.1, 0.15) is 50.1 Å². The van der Waals surface area contributed by atoms with Crippen LogP contribution >= 0.6 is 34.3 Å². The van der Waals surface area contributed by atoms with E-state index in [0.29, 0.717) is 10.9 Å². The molecular weight excluding hydrogens is 464 g/mol. The van der Waals surface area contributed by atoms with Gasteiger partial charge in [0.1, 0.15) is 15.4 Å². The van der Waals surface area contributed by atoms with E-state index in [1.165, 1.54) is 9.58 Å².